The largest absolute Gasteiger partial charge is 0.396 e. The summed E-state index contributed by atoms with van der Waals surface area (Å²) in [7, 11) is 1.78. The minimum absolute atomic E-state index is 0.00444. The van der Waals surface area contributed by atoms with E-state index in [2.05, 4.69) is 20.4 Å². The Kier molecular flexibility index (Phi) is 5.03. The maximum atomic E-state index is 15.2. The van der Waals surface area contributed by atoms with Crippen molar-refractivity contribution >= 4 is 34.0 Å². The third kappa shape index (κ3) is 3.54. The van der Waals surface area contributed by atoms with Crippen molar-refractivity contribution in [3.05, 3.63) is 63.8 Å². The number of hydrogen-bond acceptors (Lipinski definition) is 7. The Bertz CT molecular complexity index is 1520. The first kappa shape index (κ1) is 21.6. The van der Waals surface area contributed by atoms with Crippen LogP contribution in [0.25, 0.3) is 16.5 Å². The van der Waals surface area contributed by atoms with Crippen molar-refractivity contribution in [1.82, 2.24) is 29.2 Å². The van der Waals surface area contributed by atoms with Crippen LogP contribution in [-0.4, -0.2) is 48.7 Å². The Morgan fingerprint density at radius 1 is 1.12 bits per heavy atom. The molecule has 0 aliphatic carbocycles. The topological polar surface area (TPSA) is 124 Å². The van der Waals surface area contributed by atoms with Crippen molar-refractivity contribution in [1.29, 1.82) is 0 Å². The lowest BCUT2D eigenvalue weighted by atomic mass is 10.1. The van der Waals surface area contributed by atoms with E-state index in [1.165, 1.54) is 17.1 Å². The average Bonchev–Trinajstić information content (AvgIpc) is 3.13. The van der Waals surface area contributed by atoms with Gasteiger partial charge in [0.25, 0.3) is 5.56 Å². The number of amides is 1. The highest BCUT2D eigenvalue weighted by Gasteiger charge is 2.20. The molecule has 1 aliphatic rings. The van der Waals surface area contributed by atoms with Gasteiger partial charge in [-0.1, -0.05) is 0 Å². The van der Waals surface area contributed by atoms with Gasteiger partial charge in [-0.2, -0.15) is 10.1 Å². The predicted octanol–water partition coefficient (Wildman–Crippen LogP) is 2.07. The van der Waals surface area contributed by atoms with E-state index in [1.54, 1.807) is 42.6 Å². The molecule has 0 bridgehead atoms. The predicted molar refractivity (Wildman–Crippen MR) is 126 cm³/mol. The minimum atomic E-state index is -0.615. The van der Waals surface area contributed by atoms with Gasteiger partial charge in [0, 0.05) is 54.6 Å². The summed E-state index contributed by atoms with van der Waals surface area (Å²) in [5, 5.41) is 8.76. The van der Waals surface area contributed by atoms with Crippen molar-refractivity contribution < 1.29 is 9.18 Å². The van der Waals surface area contributed by atoms with E-state index in [4.69, 9.17) is 5.73 Å². The third-order valence-corrected chi connectivity index (χ3v) is 6.29. The lowest BCUT2D eigenvalue weighted by Gasteiger charge is -2.15. The molecule has 0 fully saturated rings. The summed E-state index contributed by atoms with van der Waals surface area (Å²) in [4.78, 5) is 33.8. The lowest BCUT2D eigenvalue weighted by Crippen LogP contribution is -2.29. The van der Waals surface area contributed by atoms with Gasteiger partial charge in [-0.25, -0.2) is 9.37 Å². The van der Waals surface area contributed by atoms with Gasteiger partial charge >= 0.3 is 0 Å². The third-order valence-electron chi connectivity index (χ3n) is 6.29. The molecule has 0 saturated carbocycles. The van der Waals surface area contributed by atoms with Gasteiger partial charge in [0.2, 0.25) is 5.91 Å². The number of nitrogen functional groups attached to an aromatic ring is 1. The van der Waals surface area contributed by atoms with Gasteiger partial charge in [0.15, 0.2) is 11.6 Å². The van der Waals surface area contributed by atoms with Crippen LogP contribution in [0.1, 0.15) is 17.0 Å². The molecule has 1 amide bonds. The zero-order chi connectivity index (χ0) is 24.1. The number of anilines is 3. The van der Waals surface area contributed by atoms with Crippen molar-refractivity contribution in [2.45, 2.75) is 26.8 Å². The summed E-state index contributed by atoms with van der Waals surface area (Å²) < 4.78 is 18.4. The van der Waals surface area contributed by atoms with E-state index in [0.717, 1.165) is 5.69 Å². The first-order chi connectivity index (χ1) is 16.2. The van der Waals surface area contributed by atoms with Gasteiger partial charge in [0.05, 0.1) is 11.4 Å². The number of nitrogens with one attached hydrogen (secondary N) is 1. The molecular weight excluding hydrogens is 439 g/mol. The fourth-order valence-corrected chi connectivity index (χ4v) is 4.04. The average molecular weight is 462 g/mol. The molecule has 1 aliphatic heterocycles. The minimum Gasteiger partial charge on any atom is -0.396 e. The number of aromatic nitrogens is 5. The maximum absolute atomic E-state index is 15.2. The van der Waals surface area contributed by atoms with Gasteiger partial charge in [-0.3, -0.25) is 14.3 Å². The number of likely N-dealkylation sites (N-methyl/N-ethyl adjacent to an activating group) is 1. The van der Waals surface area contributed by atoms with Gasteiger partial charge in [-0.15, -0.1) is 0 Å². The van der Waals surface area contributed by atoms with Crippen LogP contribution in [0.5, 0.6) is 0 Å². The van der Waals surface area contributed by atoms with Crippen molar-refractivity contribution in [3.63, 3.8) is 0 Å². The second-order valence-corrected chi connectivity index (χ2v) is 8.41. The number of pyridine rings is 1. The quantitative estimate of drug-likeness (QED) is 0.447. The van der Waals surface area contributed by atoms with E-state index >= 15 is 4.39 Å². The smallest absolute Gasteiger partial charge is 0.275 e. The highest BCUT2D eigenvalue weighted by Crippen LogP contribution is 2.31. The molecule has 11 heteroatoms. The van der Waals surface area contributed by atoms with Crippen LogP contribution in [0, 0.1) is 19.7 Å². The number of halogens is 1. The Morgan fingerprint density at radius 2 is 1.91 bits per heavy atom. The summed E-state index contributed by atoms with van der Waals surface area (Å²) >= 11 is 0. The van der Waals surface area contributed by atoms with Crippen molar-refractivity contribution in [2.75, 3.05) is 24.6 Å². The van der Waals surface area contributed by atoms with Crippen molar-refractivity contribution in [2.24, 2.45) is 0 Å². The van der Waals surface area contributed by atoms with E-state index in [9.17, 15) is 9.59 Å². The van der Waals surface area contributed by atoms with Crippen LogP contribution in [0.2, 0.25) is 0 Å². The van der Waals surface area contributed by atoms with Crippen LogP contribution in [0.15, 0.2) is 35.5 Å². The molecule has 4 heterocycles. The fourth-order valence-electron chi connectivity index (χ4n) is 4.04. The normalized spacial score (nSPS) is 13.8. The summed E-state index contributed by atoms with van der Waals surface area (Å²) in [6, 6.07) is 5.28. The molecule has 5 rings (SSSR count). The summed E-state index contributed by atoms with van der Waals surface area (Å²) in [6.07, 6.45) is 3.50. The van der Waals surface area contributed by atoms with Gasteiger partial charge in [-0.05, 0) is 31.4 Å². The summed E-state index contributed by atoms with van der Waals surface area (Å²) in [5.41, 5.74) is 7.84. The summed E-state index contributed by atoms with van der Waals surface area (Å²) in [6.45, 7) is 4.19. The molecule has 0 unspecified atom stereocenters. The Morgan fingerprint density at radius 3 is 2.71 bits per heavy atom. The van der Waals surface area contributed by atoms with E-state index < -0.39 is 5.82 Å². The van der Waals surface area contributed by atoms with Crippen LogP contribution >= 0.6 is 0 Å². The number of benzene rings is 1. The number of fused-ring (bicyclic) bond motifs is 2. The molecule has 0 radical (unpaired) electrons. The van der Waals surface area contributed by atoms with Gasteiger partial charge in [0.1, 0.15) is 18.7 Å². The molecule has 3 N–H and O–H groups in total. The molecular formula is C23H23FN8O2. The molecule has 0 spiro atoms. The molecule has 3 aromatic heterocycles. The highest BCUT2D eigenvalue weighted by atomic mass is 19.1. The number of carbonyl (C=O) groups is 1. The standard InChI is InChI=1S/C23H23FN8O2/c1-12-13(2)31(11-27-23(12)34)17-6-14-7-18(26-9-16(14)22(25)21(17)24)28-19-8-15-4-5-30(3)20(33)10-32(15)29-19/h6-9,11H,4-5,10,25H2,1-3H3,(H,26,28,29). The molecule has 174 valence electrons. The summed E-state index contributed by atoms with van der Waals surface area (Å²) in [5.74, 6) is 0.443. The van der Waals surface area contributed by atoms with Crippen LogP contribution in [0.4, 0.5) is 21.7 Å². The van der Waals surface area contributed by atoms with Gasteiger partial charge < -0.3 is 20.5 Å². The molecule has 34 heavy (non-hydrogen) atoms. The number of hydrogen-bond donors (Lipinski definition) is 2. The Labute approximate surface area is 193 Å². The van der Waals surface area contributed by atoms with Crippen LogP contribution in [-0.2, 0) is 17.8 Å². The van der Waals surface area contributed by atoms with Crippen LogP contribution < -0.4 is 16.6 Å². The van der Waals surface area contributed by atoms with E-state index in [1.807, 2.05) is 6.07 Å². The van der Waals surface area contributed by atoms with Crippen LogP contribution in [0.3, 0.4) is 0 Å². The second kappa shape index (κ2) is 7.94. The maximum Gasteiger partial charge on any atom is 0.275 e. The fraction of sp³-hybridized carbons (Fsp3) is 0.261. The first-order valence-corrected chi connectivity index (χ1v) is 10.7. The first-order valence-electron chi connectivity index (χ1n) is 10.7. The number of rotatable bonds is 3. The zero-order valence-corrected chi connectivity index (χ0v) is 19.0. The zero-order valence-electron chi connectivity index (χ0n) is 19.0. The highest BCUT2D eigenvalue weighted by molar-refractivity contribution is 5.96. The molecule has 4 aromatic rings. The lowest BCUT2D eigenvalue weighted by molar-refractivity contribution is -0.130. The monoisotopic (exact) mass is 462 g/mol. The molecule has 0 saturated heterocycles. The van der Waals surface area contributed by atoms with Crippen molar-refractivity contribution in [3.8, 4) is 5.69 Å². The number of carbonyl (C=O) groups excluding carboxylic acids is 1. The Hall–Kier alpha value is -4.28. The SMILES string of the molecule is Cc1c(C)n(-c2cc3cc(Nc4cc5n(n4)CC(=O)N(C)CC5)ncc3c(N)c2F)cnc1=O. The Balaban J connectivity index is 1.53. The van der Waals surface area contributed by atoms with E-state index in [0.29, 0.717) is 46.6 Å². The van der Waals surface area contributed by atoms with E-state index in [-0.39, 0.29) is 29.4 Å². The molecule has 1 aromatic carbocycles. The molecule has 0 atom stereocenters. The second-order valence-electron chi connectivity index (χ2n) is 8.41. The number of nitrogens with two attached hydrogens (primary N) is 1. The number of nitrogens with zero attached hydrogens (tertiary/aromatic N) is 6. The molecule has 10 nitrogen and oxygen atoms in total.